The van der Waals surface area contributed by atoms with Gasteiger partial charge in [-0.25, -0.2) is 0 Å². The van der Waals surface area contributed by atoms with Gasteiger partial charge in [0.1, 0.15) is 0 Å². The lowest BCUT2D eigenvalue weighted by Crippen LogP contribution is -2.55. The molecule has 2 rings (SSSR count). The van der Waals surface area contributed by atoms with Gasteiger partial charge in [0.2, 0.25) is 0 Å². The van der Waals surface area contributed by atoms with E-state index in [2.05, 4.69) is 35.1 Å². The molecule has 1 N–H and O–H groups in total. The van der Waals surface area contributed by atoms with Crippen molar-refractivity contribution in [3.05, 3.63) is 24.5 Å². The van der Waals surface area contributed by atoms with Gasteiger partial charge in [0, 0.05) is 31.4 Å². The Morgan fingerprint density at radius 2 is 1.76 bits per heavy atom. The second-order valence-electron chi connectivity index (χ2n) is 3.97. The van der Waals surface area contributed by atoms with E-state index in [1.807, 2.05) is 18.5 Å². The third-order valence-corrected chi connectivity index (χ3v) is 2.77. The number of aromatic nitrogens is 1. The summed E-state index contributed by atoms with van der Waals surface area (Å²) in [5.74, 6) is 0. The van der Waals surface area contributed by atoms with Crippen LogP contribution in [0.3, 0.4) is 0 Å². The van der Waals surface area contributed by atoms with E-state index in [-0.39, 0.29) is 37.2 Å². The van der Waals surface area contributed by atoms with Crippen LogP contribution in [0.25, 0.3) is 0 Å². The summed E-state index contributed by atoms with van der Waals surface area (Å²) in [6.45, 7) is 6.60. The first-order chi connectivity index (χ1) is 6.79. The highest BCUT2D eigenvalue weighted by molar-refractivity contribution is 5.86. The van der Waals surface area contributed by atoms with Gasteiger partial charge in [0.15, 0.2) is 0 Å². The third-order valence-electron chi connectivity index (χ3n) is 2.77. The first-order valence-electron chi connectivity index (χ1n) is 5.18. The molecule has 0 bridgehead atoms. The topological polar surface area (TPSA) is 28.2 Å². The summed E-state index contributed by atoms with van der Waals surface area (Å²) in [6.07, 6.45) is 3.76. The molecule has 100 valence electrons. The van der Waals surface area contributed by atoms with Crippen molar-refractivity contribution in [2.45, 2.75) is 25.9 Å². The van der Waals surface area contributed by atoms with Crippen molar-refractivity contribution in [3.8, 4) is 0 Å². The molecule has 3 nitrogen and oxygen atoms in total. The summed E-state index contributed by atoms with van der Waals surface area (Å²) in [5.41, 5.74) is 1.23. The van der Waals surface area contributed by atoms with Gasteiger partial charge in [-0.05, 0) is 26.0 Å². The van der Waals surface area contributed by atoms with Gasteiger partial charge in [-0.15, -0.1) is 37.2 Å². The summed E-state index contributed by atoms with van der Waals surface area (Å²) < 4.78 is 0. The van der Waals surface area contributed by atoms with E-state index in [0.717, 1.165) is 13.1 Å². The molecule has 1 saturated heterocycles. The fraction of sp³-hybridized carbons (Fsp3) is 0.545. The van der Waals surface area contributed by atoms with Crippen LogP contribution in [0, 0.1) is 0 Å². The standard InChI is InChI=1S/C11H17N3.3ClH/c1-9-6-13-7-10(2)14(9)11-4-3-5-12-8-11;;;/h3-5,8-10,13H,6-7H2,1-2H3;3*1H/t9-,10+;;;. The average molecular weight is 301 g/mol. The fourth-order valence-electron chi connectivity index (χ4n) is 2.15. The van der Waals surface area contributed by atoms with E-state index in [0.29, 0.717) is 12.1 Å². The molecule has 6 heteroatoms. The quantitative estimate of drug-likeness (QED) is 0.864. The summed E-state index contributed by atoms with van der Waals surface area (Å²) in [7, 11) is 0. The summed E-state index contributed by atoms with van der Waals surface area (Å²) in [6, 6.07) is 5.22. The molecule has 0 aromatic carbocycles. The van der Waals surface area contributed by atoms with Crippen molar-refractivity contribution in [1.29, 1.82) is 0 Å². The molecule has 1 fully saturated rings. The Morgan fingerprint density at radius 3 is 2.24 bits per heavy atom. The number of hydrogen-bond donors (Lipinski definition) is 1. The van der Waals surface area contributed by atoms with Gasteiger partial charge in [0.05, 0.1) is 11.9 Å². The van der Waals surface area contributed by atoms with Crippen LogP contribution in [-0.4, -0.2) is 30.2 Å². The van der Waals surface area contributed by atoms with Crippen LogP contribution < -0.4 is 10.2 Å². The predicted octanol–water partition coefficient (Wildman–Crippen LogP) is 2.53. The van der Waals surface area contributed by atoms with Gasteiger partial charge in [0.25, 0.3) is 0 Å². The number of pyridine rings is 1. The minimum atomic E-state index is 0. The summed E-state index contributed by atoms with van der Waals surface area (Å²) in [4.78, 5) is 6.60. The first kappa shape index (κ1) is 19.1. The van der Waals surface area contributed by atoms with Crippen LogP contribution in [0.2, 0.25) is 0 Å². The zero-order valence-corrected chi connectivity index (χ0v) is 12.4. The molecular weight excluding hydrogens is 281 g/mol. The molecule has 0 spiro atoms. The van der Waals surface area contributed by atoms with E-state index in [1.165, 1.54) is 5.69 Å². The Bertz CT molecular complexity index is 287. The number of nitrogens with zero attached hydrogens (tertiary/aromatic N) is 2. The molecule has 1 aromatic heterocycles. The number of nitrogens with one attached hydrogen (secondary N) is 1. The lowest BCUT2D eigenvalue weighted by molar-refractivity contribution is 0.431. The van der Waals surface area contributed by atoms with Gasteiger partial charge >= 0.3 is 0 Å². The van der Waals surface area contributed by atoms with Gasteiger partial charge in [-0.1, -0.05) is 0 Å². The van der Waals surface area contributed by atoms with Gasteiger partial charge in [-0.3, -0.25) is 4.98 Å². The Kier molecular flexibility index (Phi) is 9.91. The third kappa shape index (κ3) is 4.51. The van der Waals surface area contributed by atoms with Crippen molar-refractivity contribution in [3.63, 3.8) is 0 Å². The van der Waals surface area contributed by atoms with Crippen molar-refractivity contribution >= 4 is 42.9 Å². The van der Waals surface area contributed by atoms with Crippen LogP contribution in [0.5, 0.6) is 0 Å². The van der Waals surface area contributed by atoms with Crippen molar-refractivity contribution in [2.75, 3.05) is 18.0 Å². The Morgan fingerprint density at radius 1 is 1.18 bits per heavy atom. The number of hydrogen-bond acceptors (Lipinski definition) is 3. The Hall–Kier alpha value is -0.220. The predicted molar refractivity (Wildman–Crippen MR) is 80.3 cm³/mol. The van der Waals surface area contributed by atoms with E-state index in [1.54, 1.807) is 0 Å². The normalized spacial score (nSPS) is 22.8. The number of piperazine rings is 1. The highest BCUT2D eigenvalue weighted by Crippen LogP contribution is 2.20. The Labute approximate surface area is 122 Å². The van der Waals surface area contributed by atoms with Crippen LogP contribution in [0.4, 0.5) is 5.69 Å². The van der Waals surface area contributed by atoms with E-state index >= 15 is 0 Å². The molecule has 1 aliphatic heterocycles. The highest BCUT2D eigenvalue weighted by atomic mass is 35.5. The molecule has 0 amide bonds. The number of rotatable bonds is 1. The van der Waals surface area contributed by atoms with Crippen molar-refractivity contribution < 1.29 is 0 Å². The fourth-order valence-corrected chi connectivity index (χ4v) is 2.15. The average Bonchev–Trinajstić information content (AvgIpc) is 2.19. The van der Waals surface area contributed by atoms with Crippen molar-refractivity contribution in [2.24, 2.45) is 0 Å². The van der Waals surface area contributed by atoms with Crippen LogP contribution in [0.15, 0.2) is 24.5 Å². The molecule has 17 heavy (non-hydrogen) atoms. The second-order valence-corrected chi connectivity index (χ2v) is 3.97. The maximum atomic E-state index is 4.17. The maximum Gasteiger partial charge on any atom is 0.0558 e. The molecule has 1 aliphatic rings. The lowest BCUT2D eigenvalue weighted by Gasteiger charge is -2.41. The monoisotopic (exact) mass is 299 g/mol. The molecular formula is C11H20Cl3N3. The van der Waals surface area contributed by atoms with E-state index in [4.69, 9.17) is 0 Å². The van der Waals surface area contributed by atoms with Crippen molar-refractivity contribution in [1.82, 2.24) is 10.3 Å². The lowest BCUT2D eigenvalue weighted by atomic mass is 10.1. The zero-order chi connectivity index (χ0) is 9.97. The zero-order valence-electron chi connectivity index (χ0n) is 10.00. The molecule has 0 aliphatic carbocycles. The van der Waals surface area contributed by atoms with Crippen LogP contribution in [-0.2, 0) is 0 Å². The smallest absolute Gasteiger partial charge is 0.0558 e. The van der Waals surface area contributed by atoms with E-state index < -0.39 is 0 Å². The van der Waals surface area contributed by atoms with Gasteiger partial charge < -0.3 is 10.2 Å². The molecule has 0 saturated carbocycles. The van der Waals surface area contributed by atoms with Gasteiger partial charge in [-0.2, -0.15) is 0 Å². The first-order valence-corrected chi connectivity index (χ1v) is 5.18. The molecule has 2 heterocycles. The largest absolute Gasteiger partial charge is 0.362 e. The maximum absolute atomic E-state index is 4.17. The Balaban J connectivity index is 0. The van der Waals surface area contributed by atoms with Crippen LogP contribution >= 0.6 is 37.2 Å². The van der Waals surface area contributed by atoms with Crippen LogP contribution in [0.1, 0.15) is 13.8 Å². The number of halogens is 3. The molecule has 0 unspecified atom stereocenters. The molecule has 0 radical (unpaired) electrons. The molecule has 2 atom stereocenters. The highest BCUT2D eigenvalue weighted by Gasteiger charge is 2.24. The number of anilines is 1. The van der Waals surface area contributed by atoms with E-state index in [9.17, 15) is 0 Å². The summed E-state index contributed by atoms with van der Waals surface area (Å²) >= 11 is 0. The summed E-state index contributed by atoms with van der Waals surface area (Å²) in [5, 5.41) is 3.42. The second kappa shape index (κ2) is 8.81. The minimum absolute atomic E-state index is 0. The SMILES string of the molecule is C[C@@H]1CNC[C@H](C)N1c1cccnc1.Cl.Cl.Cl. The molecule has 1 aromatic rings. The minimum Gasteiger partial charge on any atom is -0.362 e.